The zero-order valence-corrected chi connectivity index (χ0v) is 18.5. The number of hydrogen-bond donors (Lipinski definition) is 2. The first-order valence-electron chi connectivity index (χ1n) is 11.4. The number of hydrogen-bond acceptors (Lipinski definition) is 3. The van der Waals surface area contributed by atoms with E-state index in [9.17, 15) is 9.90 Å². The quantitative estimate of drug-likeness (QED) is 0.609. The number of fused-ring (bicyclic) bond motifs is 1. The Morgan fingerprint density at radius 2 is 1.73 bits per heavy atom. The van der Waals surface area contributed by atoms with Crippen LogP contribution in [0, 0.1) is 16.7 Å². The molecular formula is C26H35NO3. The van der Waals surface area contributed by atoms with Gasteiger partial charge in [0.1, 0.15) is 5.75 Å². The maximum Gasteiger partial charge on any atom is 0.310 e. The fraction of sp³-hybridized carbons (Fsp3) is 0.577. The Morgan fingerprint density at radius 1 is 1.07 bits per heavy atom. The maximum absolute atomic E-state index is 11.3. The van der Waals surface area contributed by atoms with Gasteiger partial charge in [-0.05, 0) is 84.4 Å². The molecule has 0 saturated heterocycles. The van der Waals surface area contributed by atoms with Gasteiger partial charge in [0.15, 0.2) is 0 Å². The van der Waals surface area contributed by atoms with Crippen molar-refractivity contribution in [2.45, 2.75) is 71.9 Å². The fourth-order valence-electron chi connectivity index (χ4n) is 4.76. The summed E-state index contributed by atoms with van der Waals surface area (Å²) in [7, 11) is 0. The molecule has 2 aliphatic carbocycles. The molecule has 4 nitrogen and oxygen atoms in total. The monoisotopic (exact) mass is 409 g/mol. The van der Waals surface area contributed by atoms with Gasteiger partial charge in [-0.15, -0.1) is 0 Å². The molecule has 2 aromatic carbocycles. The van der Waals surface area contributed by atoms with Gasteiger partial charge >= 0.3 is 5.97 Å². The SMILES string of the molecule is CC(C)(C)C1CCC(Oc2ccc3cc(CNCC4(C(=O)O)CC4)ccc3c2)CC1. The van der Waals surface area contributed by atoms with Gasteiger partial charge in [0.2, 0.25) is 0 Å². The number of nitrogens with one attached hydrogen (secondary N) is 1. The van der Waals surface area contributed by atoms with Crippen LogP contribution in [0.5, 0.6) is 5.75 Å². The number of ether oxygens (including phenoxy) is 1. The zero-order valence-electron chi connectivity index (χ0n) is 18.5. The molecule has 0 heterocycles. The first-order valence-corrected chi connectivity index (χ1v) is 11.4. The predicted octanol–water partition coefficient (Wildman–Crippen LogP) is 5.78. The summed E-state index contributed by atoms with van der Waals surface area (Å²) in [6.45, 7) is 8.29. The molecule has 0 spiro atoms. The van der Waals surface area contributed by atoms with E-state index in [0.717, 1.165) is 37.4 Å². The summed E-state index contributed by atoms with van der Waals surface area (Å²) in [6.07, 6.45) is 6.68. The van der Waals surface area contributed by atoms with E-state index < -0.39 is 11.4 Å². The number of aliphatic carboxylic acids is 1. The summed E-state index contributed by atoms with van der Waals surface area (Å²) in [5.74, 6) is 1.09. The lowest BCUT2D eigenvalue weighted by Crippen LogP contribution is -2.30. The summed E-state index contributed by atoms with van der Waals surface area (Å²) >= 11 is 0. The average molecular weight is 410 g/mol. The van der Waals surface area contributed by atoms with Crippen molar-refractivity contribution in [1.82, 2.24) is 5.32 Å². The van der Waals surface area contributed by atoms with Crippen molar-refractivity contribution in [1.29, 1.82) is 0 Å². The number of carbonyl (C=O) groups is 1. The molecule has 0 amide bonds. The molecule has 4 heteroatoms. The highest BCUT2D eigenvalue weighted by Gasteiger charge is 2.49. The highest BCUT2D eigenvalue weighted by atomic mass is 16.5. The second-order valence-electron chi connectivity index (χ2n) is 10.5. The summed E-state index contributed by atoms with van der Waals surface area (Å²) in [4.78, 5) is 11.3. The van der Waals surface area contributed by atoms with E-state index in [1.54, 1.807) is 0 Å². The molecule has 4 rings (SSSR count). The molecule has 0 unspecified atom stereocenters. The van der Waals surface area contributed by atoms with Gasteiger partial charge in [-0.3, -0.25) is 4.79 Å². The number of carboxylic acids is 1. The van der Waals surface area contributed by atoms with Crippen molar-refractivity contribution in [3.63, 3.8) is 0 Å². The molecule has 2 aliphatic rings. The Morgan fingerprint density at radius 3 is 2.37 bits per heavy atom. The highest BCUT2D eigenvalue weighted by molar-refractivity contribution is 5.84. The van der Waals surface area contributed by atoms with Crippen LogP contribution in [0.1, 0.15) is 64.9 Å². The normalized spacial score (nSPS) is 23.3. The van der Waals surface area contributed by atoms with Crippen LogP contribution in [0.3, 0.4) is 0 Å². The van der Waals surface area contributed by atoms with Crippen molar-refractivity contribution in [3.8, 4) is 5.75 Å². The van der Waals surface area contributed by atoms with E-state index in [0.29, 0.717) is 24.6 Å². The second-order valence-corrected chi connectivity index (χ2v) is 10.5. The van der Waals surface area contributed by atoms with Gasteiger partial charge in [0.25, 0.3) is 0 Å². The minimum Gasteiger partial charge on any atom is -0.490 e. The lowest BCUT2D eigenvalue weighted by atomic mass is 9.72. The Balaban J connectivity index is 1.32. The molecular weight excluding hydrogens is 374 g/mol. The first-order chi connectivity index (χ1) is 14.2. The lowest BCUT2D eigenvalue weighted by Gasteiger charge is -2.37. The van der Waals surface area contributed by atoms with Crippen LogP contribution in [-0.2, 0) is 11.3 Å². The van der Waals surface area contributed by atoms with Gasteiger partial charge in [-0.1, -0.05) is 39.0 Å². The summed E-state index contributed by atoms with van der Waals surface area (Å²) < 4.78 is 6.32. The maximum atomic E-state index is 11.3. The van der Waals surface area contributed by atoms with Gasteiger partial charge in [0, 0.05) is 13.1 Å². The highest BCUT2D eigenvalue weighted by Crippen LogP contribution is 2.45. The smallest absolute Gasteiger partial charge is 0.310 e. The minimum absolute atomic E-state index is 0.327. The number of benzene rings is 2. The molecule has 0 bridgehead atoms. The van der Waals surface area contributed by atoms with E-state index in [1.807, 2.05) is 0 Å². The third kappa shape index (κ3) is 4.80. The Kier molecular flexibility index (Phi) is 5.80. The number of carboxylic acid groups (broad SMARTS) is 1. The topological polar surface area (TPSA) is 58.6 Å². The van der Waals surface area contributed by atoms with Crippen LogP contribution in [0.15, 0.2) is 36.4 Å². The predicted molar refractivity (Wildman–Crippen MR) is 121 cm³/mol. The van der Waals surface area contributed by atoms with Crippen LogP contribution in [-0.4, -0.2) is 23.7 Å². The summed E-state index contributed by atoms with van der Waals surface area (Å²) in [5, 5.41) is 15.0. The minimum atomic E-state index is -0.673. The molecule has 0 aliphatic heterocycles. The van der Waals surface area contributed by atoms with E-state index in [1.165, 1.54) is 29.2 Å². The summed E-state index contributed by atoms with van der Waals surface area (Å²) in [6, 6.07) is 12.8. The molecule has 0 aromatic heterocycles. The second kappa shape index (κ2) is 8.22. The first kappa shape index (κ1) is 21.2. The van der Waals surface area contributed by atoms with Gasteiger partial charge in [0.05, 0.1) is 11.5 Å². The van der Waals surface area contributed by atoms with E-state index >= 15 is 0 Å². The van der Waals surface area contributed by atoms with Crippen LogP contribution in [0.4, 0.5) is 0 Å². The number of rotatable bonds is 7. The van der Waals surface area contributed by atoms with E-state index in [4.69, 9.17) is 4.74 Å². The van der Waals surface area contributed by atoms with Crippen LogP contribution >= 0.6 is 0 Å². The van der Waals surface area contributed by atoms with Crippen molar-refractivity contribution in [2.24, 2.45) is 16.7 Å². The van der Waals surface area contributed by atoms with Gasteiger partial charge in [-0.25, -0.2) is 0 Å². The van der Waals surface area contributed by atoms with E-state index in [2.05, 4.69) is 62.5 Å². The van der Waals surface area contributed by atoms with Crippen molar-refractivity contribution in [2.75, 3.05) is 6.54 Å². The van der Waals surface area contributed by atoms with Crippen LogP contribution in [0.25, 0.3) is 10.8 Å². The zero-order chi connectivity index (χ0) is 21.4. The summed E-state index contributed by atoms with van der Waals surface area (Å²) in [5.41, 5.74) is 1.06. The Bertz CT molecular complexity index is 902. The van der Waals surface area contributed by atoms with Crippen LogP contribution in [0.2, 0.25) is 0 Å². The van der Waals surface area contributed by atoms with Crippen LogP contribution < -0.4 is 10.1 Å². The van der Waals surface area contributed by atoms with Gasteiger partial charge < -0.3 is 15.2 Å². The molecule has 162 valence electrons. The fourth-order valence-corrected chi connectivity index (χ4v) is 4.76. The molecule has 30 heavy (non-hydrogen) atoms. The van der Waals surface area contributed by atoms with Crippen molar-refractivity contribution < 1.29 is 14.6 Å². The third-order valence-corrected chi connectivity index (χ3v) is 7.18. The van der Waals surface area contributed by atoms with Crippen molar-refractivity contribution in [3.05, 3.63) is 42.0 Å². The molecule has 2 saturated carbocycles. The molecule has 2 aromatic rings. The van der Waals surface area contributed by atoms with Gasteiger partial charge in [-0.2, -0.15) is 0 Å². The van der Waals surface area contributed by atoms with E-state index in [-0.39, 0.29) is 0 Å². The Hall–Kier alpha value is -2.07. The molecule has 2 fully saturated rings. The molecule has 2 N–H and O–H groups in total. The van der Waals surface area contributed by atoms with Crippen molar-refractivity contribution >= 4 is 16.7 Å². The lowest BCUT2D eigenvalue weighted by molar-refractivity contribution is -0.143. The Labute approximate surface area is 180 Å². The average Bonchev–Trinajstić information content (AvgIpc) is 3.49. The standard InChI is InChI=1S/C26H35NO3/c1-25(2,3)21-7-10-22(11-8-21)30-23-9-6-19-14-18(4-5-20(19)15-23)16-27-17-26(12-13-26)24(28)29/h4-6,9,14-15,21-22,27H,7-8,10-13,16-17H2,1-3H3,(H,28,29). The largest absolute Gasteiger partial charge is 0.490 e. The molecule has 0 atom stereocenters. The molecule has 0 radical (unpaired) electrons. The third-order valence-electron chi connectivity index (χ3n) is 7.18.